The van der Waals surface area contributed by atoms with Gasteiger partial charge in [0.05, 0.1) is 25.1 Å². The minimum Gasteiger partial charge on any atom is -0.493 e. The summed E-state index contributed by atoms with van der Waals surface area (Å²) >= 11 is 0. The second kappa shape index (κ2) is 9.09. The van der Waals surface area contributed by atoms with Crippen LogP contribution in [-0.2, 0) is 5.60 Å². The monoisotopic (exact) mass is 460 g/mol. The van der Waals surface area contributed by atoms with E-state index in [4.69, 9.17) is 14.2 Å². The molecule has 1 saturated heterocycles. The number of rotatable bonds is 6. The smallest absolute Gasteiger partial charge is 0.253 e. The molecule has 0 unspecified atom stereocenters. The average Bonchev–Trinajstić information content (AvgIpc) is 3.36. The molecule has 1 amide bonds. The molecule has 2 aromatic carbocycles. The number of hydrogen-bond donors (Lipinski definition) is 0. The van der Waals surface area contributed by atoms with E-state index < -0.39 is 5.60 Å². The summed E-state index contributed by atoms with van der Waals surface area (Å²) in [4.78, 5) is 15.2. The van der Waals surface area contributed by atoms with Crippen molar-refractivity contribution in [2.24, 2.45) is 5.92 Å². The lowest BCUT2D eigenvalue weighted by atomic mass is 9.86. The number of carbonyl (C=O) groups is 1. The summed E-state index contributed by atoms with van der Waals surface area (Å²) in [6.45, 7) is 6.21. The summed E-state index contributed by atoms with van der Waals surface area (Å²) in [7, 11) is 1.61. The van der Waals surface area contributed by atoms with Gasteiger partial charge in [-0.05, 0) is 54.8 Å². The summed E-state index contributed by atoms with van der Waals surface area (Å²) in [6, 6.07) is 17.8. The minimum absolute atomic E-state index is 0.00785. The fourth-order valence-corrected chi connectivity index (χ4v) is 4.90. The fraction of sp³-hybridized carbons (Fsp3) is 0.393. The normalized spacial score (nSPS) is 16.1. The van der Waals surface area contributed by atoms with Gasteiger partial charge in [0.1, 0.15) is 5.75 Å². The first kappa shape index (κ1) is 22.4. The van der Waals surface area contributed by atoms with Gasteiger partial charge in [0.2, 0.25) is 0 Å². The average molecular weight is 461 g/mol. The number of hydrogen-bond acceptors (Lipinski definition) is 4. The molecule has 0 radical (unpaired) electrons. The van der Waals surface area contributed by atoms with Crippen LogP contribution in [0.4, 0.5) is 0 Å². The summed E-state index contributed by atoms with van der Waals surface area (Å²) in [5.74, 6) is 2.73. The van der Waals surface area contributed by atoms with Gasteiger partial charge in [0.25, 0.3) is 5.91 Å². The molecule has 2 aliphatic rings. The van der Waals surface area contributed by atoms with E-state index in [0.29, 0.717) is 42.7 Å². The van der Waals surface area contributed by atoms with E-state index >= 15 is 0 Å². The van der Waals surface area contributed by atoms with Gasteiger partial charge in [0, 0.05) is 37.7 Å². The van der Waals surface area contributed by atoms with E-state index in [1.807, 2.05) is 35.2 Å². The maximum atomic E-state index is 13.3. The maximum absolute atomic E-state index is 13.3. The van der Waals surface area contributed by atoms with Gasteiger partial charge >= 0.3 is 0 Å². The predicted octanol–water partition coefficient (Wildman–Crippen LogP) is 5.43. The highest BCUT2D eigenvalue weighted by atomic mass is 16.5. The second-order valence-corrected chi connectivity index (χ2v) is 9.52. The Bertz CT molecular complexity index is 1170. The molecule has 3 heterocycles. The molecule has 0 aliphatic carbocycles. The summed E-state index contributed by atoms with van der Waals surface area (Å²) in [5, 5.41) is 0. The number of amides is 1. The molecule has 0 saturated carbocycles. The molecule has 0 N–H and O–H groups in total. The van der Waals surface area contributed by atoms with Crippen molar-refractivity contribution in [3.63, 3.8) is 0 Å². The molecule has 2 aliphatic heterocycles. The number of piperidine rings is 1. The van der Waals surface area contributed by atoms with E-state index in [-0.39, 0.29) is 5.91 Å². The molecule has 5 rings (SSSR count). The Hall–Kier alpha value is -3.41. The van der Waals surface area contributed by atoms with E-state index in [9.17, 15) is 4.79 Å². The largest absolute Gasteiger partial charge is 0.493 e. The Morgan fingerprint density at radius 2 is 1.85 bits per heavy atom. The van der Waals surface area contributed by atoms with Crippen molar-refractivity contribution in [2.75, 3.05) is 26.8 Å². The van der Waals surface area contributed by atoms with Gasteiger partial charge in [-0.1, -0.05) is 26.0 Å². The Morgan fingerprint density at radius 3 is 2.62 bits per heavy atom. The van der Waals surface area contributed by atoms with Crippen molar-refractivity contribution in [3.8, 4) is 22.9 Å². The van der Waals surface area contributed by atoms with E-state index in [1.165, 1.54) is 0 Å². The van der Waals surface area contributed by atoms with Crippen LogP contribution in [0.2, 0.25) is 0 Å². The predicted molar refractivity (Wildman–Crippen MR) is 131 cm³/mol. The second-order valence-electron chi connectivity index (χ2n) is 9.52. The summed E-state index contributed by atoms with van der Waals surface area (Å²) in [6.07, 6.45) is 4.54. The zero-order valence-corrected chi connectivity index (χ0v) is 20.1. The van der Waals surface area contributed by atoms with Gasteiger partial charge in [-0.3, -0.25) is 4.79 Å². The van der Waals surface area contributed by atoms with Crippen molar-refractivity contribution >= 4 is 5.91 Å². The standard InChI is InChI=1S/C28H32N2O4/c1-20(2)12-18-33-24-11-10-21(19-25(24)32-3)27(31)29-16-13-28(14-17-29)26-9-6-15-30(26)22-7-4-5-8-23(22)34-28/h4-11,15,19-20H,12-14,16-18H2,1-3H3. The van der Waals surface area contributed by atoms with Gasteiger partial charge in [0.15, 0.2) is 17.1 Å². The first-order chi connectivity index (χ1) is 16.5. The Kier molecular flexibility index (Phi) is 5.98. The Labute approximate surface area is 201 Å². The van der Waals surface area contributed by atoms with Gasteiger partial charge in [-0.2, -0.15) is 0 Å². The zero-order chi connectivity index (χ0) is 23.7. The van der Waals surface area contributed by atoms with Crippen LogP contribution in [0.5, 0.6) is 17.2 Å². The fourth-order valence-electron chi connectivity index (χ4n) is 4.90. The highest BCUT2D eigenvalue weighted by Crippen LogP contribution is 2.45. The van der Waals surface area contributed by atoms with Crippen LogP contribution in [0.15, 0.2) is 60.8 Å². The van der Waals surface area contributed by atoms with Crippen molar-refractivity contribution in [2.45, 2.75) is 38.7 Å². The SMILES string of the molecule is COc1cc(C(=O)N2CCC3(CC2)Oc2ccccc2-n2cccc23)ccc1OCCC(C)C. The molecular formula is C28H32N2O4. The highest BCUT2D eigenvalue weighted by Gasteiger charge is 2.44. The molecule has 6 heteroatoms. The third-order valence-corrected chi connectivity index (χ3v) is 6.87. The molecule has 6 nitrogen and oxygen atoms in total. The molecule has 1 aromatic heterocycles. The molecule has 0 atom stereocenters. The van der Waals surface area contributed by atoms with Crippen LogP contribution in [0, 0.1) is 5.92 Å². The third-order valence-electron chi connectivity index (χ3n) is 6.87. The lowest BCUT2D eigenvalue weighted by molar-refractivity contribution is -0.00931. The first-order valence-corrected chi connectivity index (χ1v) is 12.1. The molecule has 1 spiro atoms. The number of ether oxygens (including phenoxy) is 3. The lowest BCUT2D eigenvalue weighted by Gasteiger charge is -2.45. The van der Waals surface area contributed by atoms with Crippen LogP contribution < -0.4 is 14.2 Å². The van der Waals surface area contributed by atoms with E-state index in [1.54, 1.807) is 13.2 Å². The van der Waals surface area contributed by atoms with Crippen LogP contribution in [0.25, 0.3) is 5.69 Å². The number of nitrogens with zero attached hydrogens (tertiary/aromatic N) is 2. The zero-order valence-electron chi connectivity index (χ0n) is 20.1. The third kappa shape index (κ3) is 4.02. The number of methoxy groups -OCH3 is 1. The maximum Gasteiger partial charge on any atom is 0.253 e. The number of carbonyl (C=O) groups excluding carboxylic acids is 1. The Morgan fingerprint density at radius 1 is 1.06 bits per heavy atom. The topological polar surface area (TPSA) is 52.9 Å². The lowest BCUT2D eigenvalue weighted by Crippen LogP contribution is -2.50. The number of fused-ring (bicyclic) bond motifs is 4. The van der Waals surface area contributed by atoms with Gasteiger partial charge in [-0.15, -0.1) is 0 Å². The molecule has 178 valence electrons. The van der Waals surface area contributed by atoms with E-state index in [0.717, 1.165) is 36.4 Å². The van der Waals surface area contributed by atoms with Crippen LogP contribution in [0.3, 0.4) is 0 Å². The van der Waals surface area contributed by atoms with Crippen molar-refractivity contribution in [1.29, 1.82) is 0 Å². The van der Waals surface area contributed by atoms with Crippen LogP contribution >= 0.6 is 0 Å². The molecule has 34 heavy (non-hydrogen) atoms. The van der Waals surface area contributed by atoms with Crippen molar-refractivity contribution < 1.29 is 19.0 Å². The van der Waals surface area contributed by atoms with E-state index in [2.05, 4.69) is 42.8 Å². The van der Waals surface area contributed by atoms with Crippen molar-refractivity contribution in [3.05, 3.63) is 72.1 Å². The minimum atomic E-state index is -0.416. The molecule has 0 bridgehead atoms. The Balaban J connectivity index is 1.30. The van der Waals surface area contributed by atoms with Crippen LogP contribution in [0.1, 0.15) is 49.2 Å². The van der Waals surface area contributed by atoms with Crippen molar-refractivity contribution in [1.82, 2.24) is 9.47 Å². The van der Waals surface area contributed by atoms with Crippen LogP contribution in [-0.4, -0.2) is 42.2 Å². The molecule has 1 fully saturated rings. The van der Waals surface area contributed by atoms with Gasteiger partial charge in [-0.25, -0.2) is 0 Å². The molecule has 3 aromatic rings. The summed E-state index contributed by atoms with van der Waals surface area (Å²) < 4.78 is 20.2. The highest BCUT2D eigenvalue weighted by molar-refractivity contribution is 5.95. The summed E-state index contributed by atoms with van der Waals surface area (Å²) in [5.41, 5.74) is 2.42. The number of benzene rings is 2. The quantitative estimate of drug-likeness (QED) is 0.492. The molecular weight excluding hydrogens is 428 g/mol. The number of para-hydroxylation sites is 2. The first-order valence-electron chi connectivity index (χ1n) is 12.1. The van der Waals surface area contributed by atoms with Gasteiger partial charge < -0.3 is 23.7 Å². The number of likely N-dealkylation sites (tertiary alicyclic amines) is 1. The number of aromatic nitrogens is 1.